The summed E-state index contributed by atoms with van der Waals surface area (Å²) in [6.07, 6.45) is 3.28. The molecule has 0 saturated carbocycles. The van der Waals surface area contributed by atoms with Crippen LogP contribution in [-0.4, -0.2) is 17.7 Å². The van der Waals surface area contributed by atoms with Crippen molar-refractivity contribution in [3.05, 3.63) is 35.9 Å². The van der Waals surface area contributed by atoms with Crippen LogP contribution in [0.2, 0.25) is 0 Å². The Hall–Kier alpha value is -1.77. The SMILES string of the molecule is CC(C)Oc1cccc(C=CC(=O)OC(C)(C)C)c1. The van der Waals surface area contributed by atoms with Gasteiger partial charge in [0.15, 0.2) is 0 Å². The molecule has 0 aliphatic rings. The molecule has 0 amide bonds. The van der Waals surface area contributed by atoms with Gasteiger partial charge in [-0.15, -0.1) is 0 Å². The summed E-state index contributed by atoms with van der Waals surface area (Å²) in [5.74, 6) is 0.448. The number of benzene rings is 1. The maximum atomic E-state index is 11.6. The topological polar surface area (TPSA) is 35.5 Å². The Kier molecular flexibility index (Phi) is 5.16. The number of hydrogen-bond acceptors (Lipinski definition) is 3. The van der Waals surface area contributed by atoms with Gasteiger partial charge in [-0.1, -0.05) is 12.1 Å². The van der Waals surface area contributed by atoms with Crippen molar-refractivity contribution in [2.24, 2.45) is 0 Å². The number of ether oxygens (including phenoxy) is 2. The van der Waals surface area contributed by atoms with E-state index >= 15 is 0 Å². The highest BCUT2D eigenvalue weighted by Crippen LogP contribution is 2.16. The van der Waals surface area contributed by atoms with Crippen LogP contribution in [-0.2, 0) is 9.53 Å². The van der Waals surface area contributed by atoms with E-state index in [0.29, 0.717) is 0 Å². The van der Waals surface area contributed by atoms with Crippen molar-refractivity contribution < 1.29 is 14.3 Å². The molecule has 3 nitrogen and oxygen atoms in total. The van der Waals surface area contributed by atoms with Crippen LogP contribution in [0.1, 0.15) is 40.2 Å². The zero-order chi connectivity index (χ0) is 14.5. The van der Waals surface area contributed by atoms with Crippen LogP contribution < -0.4 is 4.74 Å². The molecule has 0 radical (unpaired) electrons. The Bertz CT molecular complexity index is 453. The van der Waals surface area contributed by atoms with Crippen molar-refractivity contribution in [1.82, 2.24) is 0 Å². The van der Waals surface area contributed by atoms with E-state index in [2.05, 4.69) is 0 Å². The second-order valence-electron chi connectivity index (χ2n) is 5.61. The summed E-state index contributed by atoms with van der Waals surface area (Å²) < 4.78 is 10.8. The van der Waals surface area contributed by atoms with Crippen LogP contribution >= 0.6 is 0 Å². The Morgan fingerprint density at radius 1 is 1.26 bits per heavy atom. The molecule has 0 aliphatic carbocycles. The third-order valence-electron chi connectivity index (χ3n) is 2.05. The van der Waals surface area contributed by atoms with E-state index < -0.39 is 5.60 Å². The predicted octanol–water partition coefficient (Wildman–Crippen LogP) is 3.83. The molecule has 0 fully saturated rings. The average molecular weight is 262 g/mol. The minimum atomic E-state index is -0.468. The van der Waals surface area contributed by atoms with Crippen LogP contribution in [0.25, 0.3) is 6.08 Å². The fraction of sp³-hybridized carbons (Fsp3) is 0.438. The first-order valence-corrected chi connectivity index (χ1v) is 6.44. The molecule has 0 saturated heterocycles. The van der Waals surface area contributed by atoms with Gasteiger partial charge in [0.1, 0.15) is 11.4 Å². The monoisotopic (exact) mass is 262 g/mol. The van der Waals surface area contributed by atoms with Gasteiger partial charge < -0.3 is 9.47 Å². The standard InChI is InChI=1S/C16H22O3/c1-12(2)18-14-8-6-7-13(11-14)9-10-15(17)19-16(3,4)5/h6-12H,1-5H3. The van der Waals surface area contributed by atoms with E-state index in [1.165, 1.54) is 6.08 Å². The molecule has 0 unspecified atom stereocenters. The van der Waals surface area contributed by atoms with Gasteiger partial charge in [-0.25, -0.2) is 4.79 Å². The summed E-state index contributed by atoms with van der Waals surface area (Å²) >= 11 is 0. The molecule has 3 heteroatoms. The lowest BCUT2D eigenvalue weighted by Gasteiger charge is -2.17. The van der Waals surface area contributed by atoms with Gasteiger partial charge in [0.25, 0.3) is 0 Å². The molecule has 1 aromatic carbocycles. The zero-order valence-corrected chi connectivity index (χ0v) is 12.3. The number of rotatable bonds is 4. The lowest BCUT2D eigenvalue weighted by molar-refractivity contribution is -0.148. The molecule has 1 aromatic rings. The maximum absolute atomic E-state index is 11.6. The first kappa shape index (κ1) is 15.3. The normalized spacial score (nSPS) is 11.9. The zero-order valence-electron chi connectivity index (χ0n) is 12.3. The Balaban J connectivity index is 2.69. The minimum Gasteiger partial charge on any atom is -0.491 e. The molecule has 0 atom stereocenters. The molecule has 104 valence electrons. The highest BCUT2D eigenvalue weighted by atomic mass is 16.6. The van der Waals surface area contributed by atoms with Crippen LogP contribution in [0, 0.1) is 0 Å². The van der Waals surface area contributed by atoms with Gasteiger partial charge in [0.2, 0.25) is 0 Å². The summed E-state index contributed by atoms with van der Waals surface area (Å²) in [5, 5.41) is 0. The van der Waals surface area contributed by atoms with Gasteiger partial charge in [0, 0.05) is 6.08 Å². The van der Waals surface area contributed by atoms with Gasteiger partial charge in [0.05, 0.1) is 6.10 Å². The molecule has 0 heterocycles. The molecule has 19 heavy (non-hydrogen) atoms. The largest absolute Gasteiger partial charge is 0.491 e. The van der Waals surface area contributed by atoms with Crippen molar-refractivity contribution in [3.8, 4) is 5.75 Å². The molecular weight excluding hydrogens is 240 g/mol. The van der Waals surface area contributed by atoms with Crippen LogP contribution in [0.5, 0.6) is 5.75 Å². The molecule has 1 rings (SSSR count). The van der Waals surface area contributed by atoms with E-state index in [9.17, 15) is 4.79 Å². The van der Waals surface area contributed by atoms with E-state index in [0.717, 1.165) is 11.3 Å². The average Bonchev–Trinajstić information content (AvgIpc) is 2.23. The quantitative estimate of drug-likeness (QED) is 0.611. The number of hydrogen-bond donors (Lipinski definition) is 0. The van der Waals surface area contributed by atoms with Crippen LogP contribution in [0.15, 0.2) is 30.3 Å². The second kappa shape index (κ2) is 6.41. The summed E-state index contributed by atoms with van der Waals surface area (Å²) in [6.45, 7) is 9.48. The minimum absolute atomic E-state index is 0.130. The lowest BCUT2D eigenvalue weighted by atomic mass is 10.2. The van der Waals surface area contributed by atoms with E-state index in [-0.39, 0.29) is 12.1 Å². The van der Waals surface area contributed by atoms with Crippen molar-refractivity contribution in [3.63, 3.8) is 0 Å². The molecule has 0 N–H and O–H groups in total. The third-order valence-corrected chi connectivity index (χ3v) is 2.05. The molecular formula is C16H22O3. The Morgan fingerprint density at radius 2 is 1.95 bits per heavy atom. The Morgan fingerprint density at radius 3 is 2.53 bits per heavy atom. The number of esters is 1. The first-order valence-electron chi connectivity index (χ1n) is 6.44. The number of carbonyl (C=O) groups is 1. The molecule has 0 bridgehead atoms. The fourth-order valence-electron chi connectivity index (χ4n) is 1.46. The van der Waals surface area contributed by atoms with Crippen LogP contribution in [0.3, 0.4) is 0 Å². The third kappa shape index (κ3) is 6.65. The lowest BCUT2D eigenvalue weighted by Crippen LogP contribution is -2.22. The summed E-state index contributed by atoms with van der Waals surface area (Å²) in [7, 11) is 0. The first-order chi connectivity index (χ1) is 8.76. The summed E-state index contributed by atoms with van der Waals surface area (Å²) in [5.41, 5.74) is 0.438. The van der Waals surface area contributed by atoms with Gasteiger partial charge in [-0.2, -0.15) is 0 Å². The fourth-order valence-corrected chi connectivity index (χ4v) is 1.46. The molecule has 0 spiro atoms. The Labute approximate surface area is 115 Å². The highest BCUT2D eigenvalue weighted by molar-refractivity contribution is 5.87. The maximum Gasteiger partial charge on any atom is 0.331 e. The van der Waals surface area contributed by atoms with E-state index in [4.69, 9.17) is 9.47 Å². The number of carbonyl (C=O) groups excluding carboxylic acids is 1. The van der Waals surface area contributed by atoms with Crippen molar-refractivity contribution >= 4 is 12.0 Å². The van der Waals surface area contributed by atoms with Crippen LogP contribution in [0.4, 0.5) is 0 Å². The summed E-state index contributed by atoms with van der Waals surface area (Å²) in [6, 6.07) is 7.59. The smallest absolute Gasteiger partial charge is 0.331 e. The van der Waals surface area contributed by atoms with Gasteiger partial charge >= 0.3 is 5.97 Å². The summed E-state index contributed by atoms with van der Waals surface area (Å²) in [4.78, 5) is 11.6. The molecule has 0 aromatic heterocycles. The highest BCUT2D eigenvalue weighted by Gasteiger charge is 2.13. The second-order valence-corrected chi connectivity index (χ2v) is 5.61. The van der Waals surface area contributed by atoms with Crippen molar-refractivity contribution in [2.75, 3.05) is 0 Å². The van der Waals surface area contributed by atoms with E-state index in [1.54, 1.807) is 6.08 Å². The predicted molar refractivity (Wildman–Crippen MR) is 77.1 cm³/mol. The van der Waals surface area contributed by atoms with Crippen molar-refractivity contribution in [2.45, 2.75) is 46.3 Å². The molecule has 0 aliphatic heterocycles. The van der Waals surface area contributed by atoms with Gasteiger partial charge in [-0.05, 0) is 58.4 Å². The van der Waals surface area contributed by atoms with Crippen molar-refractivity contribution in [1.29, 1.82) is 0 Å². The van der Waals surface area contributed by atoms with E-state index in [1.807, 2.05) is 58.9 Å². The van der Waals surface area contributed by atoms with Gasteiger partial charge in [-0.3, -0.25) is 0 Å².